The molecule has 4 rings (SSSR count). The van der Waals surface area contributed by atoms with Crippen LogP contribution in [0.3, 0.4) is 0 Å². The van der Waals surface area contributed by atoms with E-state index in [1.165, 1.54) is 18.2 Å². The molecular weight excluding hydrogens is 744 g/mol. The Morgan fingerprint density at radius 3 is 1.78 bits per heavy atom. The summed E-state index contributed by atoms with van der Waals surface area (Å²) in [6, 6.07) is 6.10. The highest BCUT2D eigenvalue weighted by molar-refractivity contribution is 6.33. The van der Waals surface area contributed by atoms with Crippen molar-refractivity contribution in [2.75, 3.05) is 6.61 Å². The average Bonchev–Trinajstić information content (AvgIpc) is 3.04. The molecule has 0 radical (unpaired) electrons. The lowest BCUT2D eigenvalue weighted by atomic mass is 9.98. The first-order valence-corrected chi connectivity index (χ1v) is 16.2. The number of benzene rings is 2. The number of carbonyl (C=O) groups excluding carboxylic acids is 7. The zero-order valence-electron chi connectivity index (χ0n) is 29.7. The largest absolute Gasteiger partial charge is 0.463 e. The second-order valence-electron chi connectivity index (χ2n) is 11.5. The molecule has 1 fully saturated rings. The van der Waals surface area contributed by atoms with Gasteiger partial charge in [-0.15, -0.1) is 0 Å². The third-order valence-corrected chi connectivity index (χ3v) is 7.39. The van der Waals surface area contributed by atoms with Crippen molar-refractivity contribution in [1.29, 1.82) is 0 Å². The van der Waals surface area contributed by atoms with Gasteiger partial charge in [0.2, 0.25) is 17.8 Å². The smallest absolute Gasteiger partial charge is 0.308 e. The number of carbonyl (C=O) groups is 7. The minimum absolute atomic E-state index is 0.0751. The zero-order valence-corrected chi connectivity index (χ0v) is 30.5. The van der Waals surface area contributed by atoms with Gasteiger partial charge in [0.05, 0.1) is 0 Å². The van der Waals surface area contributed by atoms with Crippen molar-refractivity contribution < 1.29 is 80.6 Å². The fourth-order valence-electron chi connectivity index (χ4n) is 5.27. The van der Waals surface area contributed by atoms with Crippen LogP contribution in [0.4, 0.5) is 0 Å². The molecule has 288 valence electrons. The third kappa shape index (κ3) is 10.1. The maximum absolute atomic E-state index is 13.7. The van der Waals surface area contributed by atoms with Gasteiger partial charge in [-0.25, -0.2) is 0 Å². The molecule has 2 heterocycles. The Morgan fingerprint density at radius 2 is 1.20 bits per heavy atom. The van der Waals surface area contributed by atoms with Crippen molar-refractivity contribution >= 4 is 64.4 Å². The summed E-state index contributed by atoms with van der Waals surface area (Å²) < 4.78 is 55.0. The molecule has 0 amide bonds. The fourth-order valence-corrected chi connectivity index (χ4v) is 5.51. The summed E-state index contributed by atoms with van der Waals surface area (Å²) in [7, 11) is 0. The van der Waals surface area contributed by atoms with Gasteiger partial charge in [-0.05, 0) is 18.2 Å². The number of rotatable bonds is 11. The van der Waals surface area contributed by atoms with Gasteiger partial charge in [0.1, 0.15) is 40.2 Å². The maximum atomic E-state index is 13.7. The molecule has 0 bridgehead atoms. The van der Waals surface area contributed by atoms with Crippen LogP contribution in [-0.2, 0) is 57.2 Å². The van der Waals surface area contributed by atoms with Crippen LogP contribution in [-0.4, -0.2) is 79.1 Å². The second kappa shape index (κ2) is 17.2. The van der Waals surface area contributed by atoms with Crippen LogP contribution in [0.15, 0.2) is 39.5 Å². The monoisotopic (exact) mass is 776 g/mol. The molecule has 5 atom stereocenters. The van der Waals surface area contributed by atoms with Crippen molar-refractivity contribution in [3.63, 3.8) is 0 Å². The van der Waals surface area contributed by atoms with Gasteiger partial charge in [0.25, 0.3) is 0 Å². The lowest BCUT2D eigenvalue weighted by Gasteiger charge is -2.43. The standard InChI is InChI=1S/C35H33ClO18/c1-14(37)45-13-27-32(49-18(5)41)33(50-19(6)42)34(51-20(7)43)35(54-27)52-22-11-25(48-17(4)40)28-26(12-22)53-31(29(36)30(28)44)21-8-9-23(46-15(2)38)24(10-21)47-16(3)39/h8-12,27,32-35H,13H2,1-7H3/t27-,32-,33+,34-,35?/m1/s1. The van der Waals surface area contributed by atoms with E-state index in [-0.39, 0.29) is 39.5 Å². The van der Waals surface area contributed by atoms with Crippen molar-refractivity contribution in [2.45, 2.75) is 79.2 Å². The minimum atomic E-state index is -1.72. The zero-order chi connectivity index (χ0) is 40.0. The highest BCUT2D eigenvalue weighted by atomic mass is 35.5. The summed E-state index contributed by atoms with van der Waals surface area (Å²) in [6.45, 7) is 6.99. The van der Waals surface area contributed by atoms with Gasteiger partial charge in [-0.3, -0.25) is 38.4 Å². The van der Waals surface area contributed by atoms with Crippen LogP contribution in [0, 0.1) is 0 Å². The first kappa shape index (κ1) is 40.8. The Kier molecular flexibility index (Phi) is 13.0. The van der Waals surface area contributed by atoms with E-state index in [0.717, 1.165) is 60.6 Å². The van der Waals surface area contributed by atoms with Crippen LogP contribution in [0.25, 0.3) is 22.3 Å². The highest BCUT2D eigenvalue weighted by Gasteiger charge is 2.53. The Hall–Kier alpha value is -6.01. The Bertz CT molecular complexity index is 2070. The molecule has 1 unspecified atom stereocenters. The van der Waals surface area contributed by atoms with Crippen molar-refractivity contribution in [3.8, 4) is 34.3 Å². The summed E-state index contributed by atoms with van der Waals surface area (Å²) in [5, 5.41) is -0.803. The lowest BCUT2D eigenvalue weighted by Crippen LogP contribution is -2.63. The Balaban J connectivity index is 1.90. The molecule has 0 N–H and O–H groups in total. The molecule has 3 aromatic rings. The molecule has 1 aromatic heterocycles. The van der Waals surface area contributed by atoms with Gasteiger partial charge < -0.3 is 47.0 Å². The molecule has 1 saturated heterocycles. The molecule has 19 heteroatoms. The topological polar surface area (TPSA) is 233 Å². The number of hydrogen-bond donors (Lipinski definition) is 0. The highest BCUT2D eigenvalue weighted by Crippen LogP contribution is 2.40. The number of ether oxygens (including phenoxy) is 9. The lowest BCUT2D eigenvalue weighted by molar-refractivity contribution is -0.288. The molecule has 54 heavy (non-hydrogen) atoms. The predicted octanol–water partition coefficient (Wildman–Crippen LogP) is 3.35. The molecule has 0 saturated carbocycles. The van der Waals surface area contributed by atoms with E-state index in [9.17, 15) is 38.4 Å². The van der Waals surface area contributed by atoms with Gasteiger partial charge in [0, 0.05) is 66.2 Å². The van der Waals surface area contributed by atoms with Gasteiger partial charge >= 0.3 is 41.8 Å². The maximum Gasteiger partial charge on any atom is 0.308 e. The summed E-state index contributed by atoms with van der Waals surface area (Å²) in [5.41, 5.74) is -1.08. The van der Waals surface area contributed by atoms with Crippen LogP contribution in [0.2, 0.25) is 5.02 Å². The molecule has 0 spiro atoms. The Labute approximate surface area is 310 Å². The van der Waals surface area contributed by atoms with Crippen molar-refractivity contribution in [3.05, 3.63) is 45.6 Å². The quantitative estimate of drug-likeness (QED) is 0.154. The normalized spacial score (nSPS) is 19.1. The van der Waals surface area contributed by atoms with E-state index in [0.29, 0.717) is 0 Å². The van der Waals surface area contributed by atoms with Gasteiger partial charge in [-0.1, -0.05) is 11.6 Å². The second-order valence-corrected chi connectivity index (χ2v) is 11.9. The summed E-state index contributed by atoms with van der Waals surface area (Å²) in [4.78, 5) is 97.7. The van der Waals surface area contributed by atoms with E-state index < -0.39 is 95.3 Å². The van der Waals surface area contributed by atoms with Crippen LogP contribution >= 0.6 is 11.6 Å². The molecular formula is C35H33ClO18. The first-order valence-electron chi connectivity index (χ1n) is 15.8. The van der Waals surface area contributed by atoms with Gasteiger partial charge in [-0.2, -0.15) is 0 Å². The van der Waals surface area contributed by atoms with Crippen LogP contribution in [0.5, 0.6) is 23.0 Å². The number of hydrogen-bond acceptors (Lipinski definition) is 18. The minimum Gasteiger partial charge on any atom is -0.463 e. The van der Waals surface area contributed by atoms with E-state index in [1.807, 2.05) is 0 Å². The Morgan fingerprint density at radius 1 is 0.648 bits per heavy atom. The van der Waals surface area contributed by atoms with E-state index in [1.54, 1.807) is 0 Å². The first-order chi connectivity index (χ1) is 25.3. The van der Waals surface area contributed by atoms with Crippen LogP contribution < -0.4 is 24.4 Å². The predicted molar refractivity (Wildman–Crippen MR) is 179 cm³/mol. The molecule has 1 aliphatic heterocycles. The fraction of sp³-hybridized carbons (Fsp3) is 0.371. The van der Waals surface area contributed by atoms with E-state index in [2.05, 4.69) is 0 Å². The molecule has 2 aromatic carbocycles. The van der Waals surface area contributed by atoms with E-state index in [4.69, 9.17) is 58.6 Å². The van der Waals surface area contributed by atoms with E-state index >= 15 is 0 Å². The van der Waals surface area contributed by atoms with Gasteiger partial charge in [0.15, 0.2) is 29.5 Å². The number of esters is 7. The molecule has 1 aliphatic rings. The number of fused-ring (bicyclic) bond motifs is 1. The van der Waals surface area contributed by atoms with Crippen molar-refractivity contribution in [1.82, 2.24) is 0 Å². The molecule has 0 aliphatic carbocycles. The summed E-state index contributed by atoms with van der Waals surface area (Å²) in [5.74, 6) is -6.96. The summed E-state index contributed by atoms with van der Waals surface area (Å²) in [6.07, 6.45) is -7.77. The summed E-state index contributed by atoms with van der Waals surface area (Å²) >= 11 is 6.48. The van der Waals surface area contributed by atoms with Crippen molar-refractivity contribution in [2.24, 2.45) is 0 Å². The molecule has 18 nitrogen and oxygen atoms in total. The third-order valence-electron chi connectivity index (χ3n) is 7.04. The number of halogens is 1. The van der Waals surface area contributed by atoms with Crippen LogP contribution in [0.1, 0.15) is 48.5 Å². The SMILES string of the molecule is CC(=O)OC[C@H]1OC(Oc2cc(OC(C)=O)c3c(=O)c(Cl)c(-c4ccc(OC(C)=O)c(OC(C)=O)c4)oc3c2)[C@H](OC(C)=O)[C@@H](OC(C)=O)[C@@H]1OC(C)=O. The average molecular weight is 777 g/mol.